The van der Waals surface area contributed by atoms with Crippen LogP contribution in [0.25, 0.3) is 0 Å². The third-order valence-corrected chi connectivity index (χ3v) is 12.9. The second-order valence-corrected chi connectivity index (χ2v) is 16.5. The Hall–Kier alpha value is -2.74. The average molecular weight is 561 g/mol. The Morgan fingerprint density at radius 2 is 0.744 bits per heavy atom. The first-order valence-corrected chi connectivity index (χ1v) is 17.2. The van der Waals surface area contributed by atoms with Crippen LogP contribution in [0.3, 0.4) is 0 Å². The van der Waals surface area contributed by atoms with Crippen LogP contribution in [0.2, 0.25) is 0 Å². The van der Waals surface area contributed by atoms with Crippen LogP contribution >= 0.6 is 14.3 Å². The number of hydrogen-bond donors (Lipinski definition) is 0. The van der Waals surface area contributed by atoms with Crippen molar-refractivity contribution in [1.29, 1.82) is 0 Å². The van der Waals surface area contributed by atoms with Crippen molar-refractivity contribution in [1.82, 2.24) is 0 Å². The molecule has 0 aliphatic rings. The zero-order valence-corrected chi connectivity index (χ0v) is 24.6. The fraction of sp³-hybridized carbons (Fsp3) is 0.273. The zero-order chi connectivity index (χ0) is 27.6. The van der Waals surface area contributed by atoms with E-state index < -0.39 is 14.3 Å². The summed E-state index contributed by atoms with van der Waals surface area (Å²) in [5, 5.41) is 3.40. The summed E-state index contributed by atoms with van der Waals surface area (Å²) in [6.45, 7) is 5.92. The van der Waals surface area contributed by atoms with Gasteiger partial charge in [-0.25, -0.2) is 0 Å². The first-order chi connectivity index (χ1) is 18.8. The summed E-state index contributed by atoms with van der Waals surface area (Å²) < 4.78 is 40.4. The van der Waals surface area contributed by atoms with E-state index in [2.05, 4.69) is 13.8 Å². The van der Waals surface area contributed by atoms with Gasteiger partial charge in [0.05, 0.1) is 26.4 Å². The van der Waals surface area contributed by atoms with Crippen LogP contribution in [0.15, 0.2) is 121 Å². The lowest BCUT2D eigenvalue weighted by Gasteiger charge is -2.26. The minimum atomic E-state index is -2.80. The molecule has 0 aliphatic carbocycles. The molecule has 0 spiro atoms. The smallest absolute Gasteiger partial charge is 0.145 e. The van der Waals surface area contributed by atoms with Gasteiger partial charge in [-0.2, -0.15) is 0 Å². The molecule has 0 aliphatic heterocycles. The van der Waals surface area contributed by atoms with Gasteiger partial charge in [-0.05, 0) is 0 Å². The van der Waals surface area contributed by atoms with Gasteiger partial charge >= 0.3 is 0 Å². The highest BCUT2D eigenvalue weighted by Crippen LogP contribution is 2.44. The summed E-state index contributed by atoms with van der Waals surface area (Å²) >= 11 is 0. The van der Waals surface area contributed by atoms with Crippen LogP contribution in [-0.4, -0.2) is 38.8 Å². The van der Waals surface area contributed by atoms with Gasteiger partial charge in [0, 0.05) is 39.0 Å². The molecule has 0 aromatic heterocycles. The SMILES string of the molecule is CC(C)(COCCP(=O)(c1ccccc1)c1ccccc1)COCCP(=O)(c1ccccc1)c1ccccc1. The second kappa shape index (κ2) is 13.6. The van der Waals surface area contributed by atoms with Crippen LogP contribution in [0.5, 0.6) is 0 Å². The molecule has 0 saturated heterocycles. The highest BCUT2D eigenvalue weighted by molar-refractivity contribution is 7.79. The lowest BCUT2D eigenvalue weighted by molar-refractivity contribution is 0.00483. The Kier molecular flexibility index (Phi) is 10.2. The summed E-state index contributed by atoms with van der Waals surface area (Å²) in [5.74, 6) is 0. The number of rotatable bonds is 14. The van der Waals surface area contributed by atoms with Crippen molar-refractivity contribution in [3.05, 3.63) is 121 Å². The van der Waals surface area contributed by atoms with Crippen LogP contribution in [0.1, 0.15) is 13.8 Å². The van der Waals surface area contributed by atoms with E-state index in [0.29, 0.717) is 38.8 Å². The molecule has 4 rings (SSSR count). The highest BCUT2D eigenvalue weighted by Gasteiger charge is 2.29. The molecule has 0 radical (unpaired) electrons. The standard InChI is InChI=1S/C33H38O4P2/c1-33(2,27-36-23-25-38(34,29-15-7-3-8-16-29)30-17-9-4-10-18-30)28-37-24-26-39(35,31-19-11-5-12-20-31)32-21-13-6-14-22-32/h3-22H,23-28H2,1-2H3. The van der Waals surface area contributed by atoms with Gasteiger partial charge in [0.15, 0.2) is 0 Å². The van der Waals surface area contributed by atoms with Crippen molar-refractivity contribution < 1.29 is 18.6 Å². The summed E-state index contributed by atoms with van der Waals surface area (Å²) in [5.41, 5.74) is -0.243. The van der Waals surface area contributed by atoms with Crippen LogP contribution in [0.4, 0.5) is 0 Å². The van der Waals surface area contributed by atoms with Crippen molar-refractivity contribution in [2.24, 2.45) is 5.41 Å². The summed E-state index contributed by atoms with van der Waals surface area (Å²) in [6.07, 6.45) is 0.880. The molecule has 0 atom stereocenters. The fourth-order valence-corrected chi connectivity index (χ4v) is 9.63. The maximum Gasteiger partial charge on any atom is 0.145 e. The van der Waals surface area contributed by atoms with Gasteiger partial charge in [-0.3, -0.25) is 0 Å². The monoisotopic (exact) mass is 560 g/mol. The fourth-order valence-electron chi connectivity index (χ4n) is 4.61. The largest absolute Gasteiger partial charge is 0.380 e. The van der Waals surface area contributed by atoms with Crippen molar-refractivity contribution in [2.75, 3.05) is 38.8 Å². The maximum atomic E-state index is 14.1. The van der Waals surface area contributed by atoms with Crippen LogP contribution in [0, 0.1) is 5.41 Å². The normalized spacial score (nSPS) is 12.4. The van der Waals surface area contributed by atoms with E-state index in [0.717, 1.165) is 21.2 Å². The third kappa shape index (κ3) is 7.68. The Labute approximate surface area is 233 Å². The van der Waals surface area contributed by atoms with Gasteiger partial charge in [-0.1, -0.05) is 135 Å². The molecule has 0 N–H and O–H groups in total. The Balaban J connectivity index is 1.31. The van der Waals surface area contributed by atoms with Crippen molar-refractivity contribution in [3.8, 4) is 0 Å². The van der Waals surface area contributed by atoms with Gasteiger partial charge in [0.2, 0.25) is 0 Å². The predicted octanol–water partition coefficient (Wildman–Crippen LogP) is 6.07. The van der Waals surface area contributed by atoms with E-state index in [4.69, 9.17) is 9.47 Å². The molecule has 0 heterocycles. The Morgan fingerprint density at radius 3 is 1.00 bits per heavy atom. The number of ether oxygens (including phenoxy) is 2. The van der Waals surface area contributed by atoms with Crippen molar-refractivity contribution in [2.45, 2.75) is 13.8 Å². The quantitative estimate of drug-likeness (QED) is 0.139. The summed E-state index contributed by atoms with van der Waals surface area (Å²) in [6, 6.07) is 38.7. The van der Waals surface area contributed by atoms with Gasteiger partial charge in [0.25, 0.3) is 0 Å². The highest BCUT2D eigenvalue weighted by atomic mass is 31.2. The minimum absolute atomic E-state index is 0.243. The topological polar surface area (TPSA) is 52.6 Å². The van der Waals surface area contributed by atoms with Gasteiger partial charge < -0.3 is 18.6 Å². The minimum Gasteiger partial charge on any atom is -0.380 e. The van der Waals surface area contributed by atoms with E-state index in [9.17, 15) is 9.13 Å². The lowest BCUT2D eigenvalue weighted by Crippen LogP contribution is -2.28. The number of hydrogen-bond acceptors (Lipinski definition) is 4. The Morgan fingerprint density at radius 1 is 0.487 bits per heavy atom. The molecule has 39 heavy (non-hydrogen) atoms. The van der Waals surface area contributed by atoms with Crippen LogP contribution < -0.4 is 21.2 Å². The third-order valence-electron chi connectivity index (χ3n) is 6.78. The molecule has 0 unspecified atom stereocenters. The summed E-state index contributed by atoms with van der Waals surface area (Å²) in [4.78, 5) is 0. The van der Waals surface area contributed by atoms with E-state index in [1.54, 1.807) is 0 Å². The molecule has 0 fully saturated rings. The average Bonchev–Trinajstić information content (AvgIpc) is 2.99. The van der Waals surface area contributed by atoms with E-state index in [-0.39, 0.29) is 5.41 Å². The van der Waals surface area contributed by atoms with Crippen molar-refractivity contribution in [3.63, 3.8) is 0 Å². The Bertz CT molecular complexity index is 1180. The van der Waals surface area contributed by atoms with E-state index in [1.807, 2.05) is 121 Å². The van der Waals surface area contributed by atoms with E-state index in [1.165, 1.54) is 0 Å². The molecular weight excluding hydrogens is 522 g/mol. The van der Waals surface area contributed by atoms with Gasteiger partial charge in [0.1, 0.15) is 14.3 Å². The number of benzene rings is 4. The molecule has 204 valence electrons. The molecule has 0 bridgehead atoms. The predicted molar refractivity (Wildman–Crippen MR) is 165 cm³/mol. The maximum absolute atomic E-state index is 14.1. The first kappa shape index (κ1) is 29.2. The molecule has 6 heteroatoms. The molecular formula is C33H38O4P2. The molecule has 0 amide bonds. The molecule has 0 saturated carbocycles. The lowest BCUT2D eigenvalue weighted by atomic mass is 9.96. The van der Waals surface area contributed by atoms with Crippen LogP contribution in [-0.2, 0) is 18.6 Å². The second-order valence-electron chi connectivity index (χ2n) is 10.5. The zero-order valence-electron chi connectivity index (χ0n) is 22.8. The molecule has 4 aromatic carbocycles. The molecule has 4 aromatic rings. The van der Waals surface area contributed by atoms with E-state index >= 15 is 0 Å². The summed E-state index contributed by atoms with van der Waals surface area (Å²) in [7, 11) is -5.59. The first-order valence-electron chi connectivity index (χ1n) is 13.4. The van der Waals surface area contributed by atoms with Crippen molar-refractivity contribution >= 4 is 35.5 Å². The molecule has 4 nitrogen and oxygen atoms in total. The van der Waals surface area contributed by atoms with Gasteiger partial charge in [-0.15, -0.1) is 0 Å².